The van der Waals surface area contributed by atoms with Crippen LogP contribution in [-0.4, -0.2) is 52.1 Å². The largest absolute Gasteiger partial charge is 0.465 e. The van der Waals surface area contributed by atoms with Gasteiger partial charge in [-0.15, -0.1) is 0 Å². The first kappa shape index (κ1) is 17.1. The number of hydrogen-bond acceptors (Lipinski definition) is 6. The molecule has 1 aromatic carbocycles. The maximum atomic E-state index is 11.9. The van der Waals surface area contributed by atoms with Crippen LogP contribution in [0.1, 0.15) is 27.6 Å². The van der Waals surface area contributed by atoms with Gasteiger partial charge in [-0.3, -0.25) is 0 Å². The van der Waals surface area contributed by atoms with E-state index in [-0.39, 0.29) is 24.3 Å². The average molecular weight is 296 g/mol. The summed E-state index contributed by atoms with van der Waals surface area (Å²) in [6.45, 7) is 3.89. The van der Waals surface area contributed by atoms with Crippen LogP contribution in [0.3, 0.4) is 0 Å². The SMILES string of the molecule is CCOCCOCCOC(=O)c1ccccc1C(=O)OC. The first-order valence-corrected chi connectivity index (χ1v) is 6.70. The van der Waals surface area contributed by atoms with Crippen molar-refractivity contribution in [2.75, 3.05) is 40.1 Å². The van der Waals surface area contributed by atoms with Crippen molar-refractivity contribution in [3.63, 3.8) is 0 Å². The maximum absolute atomic E-state index is 11.9. The zero-order chi connectivity index (χ0) is 15.5. The Hall–Kier alpha value is -1.92. The zero-order valence-electron chi connectivity index (χ0n) is 12.3. The Balaban J connectivity index is 2.40. The van der Waals surface area contributed by atoms with Gasteiger partial charge < -0.3 is 18.9 Å². The molecule has 1 rings (SSSR count). The van der Waals surface area contributed by atoms with Crippen LogP contribution in [0, 0.1) is 0 Å². The Bertz CT molecular complexity index is 457. The van der Waals surface area contributed by atoms with Crippen molar-refractivity contribution in [1.29, 1.82) is 0 Å². The van der Waals surface area contributed by atoms with Crippen LogP contribution in [0.5, 0.6) is 0 Å². The lowest BCUT2D eigenvalue weighted by atomic mass is 10.1. The smallest absolute Gasteiger partial charge is 0.339 e. The Kier molecular flexibility index (Phi) is 8.08. The van der Waals surface area contributed by atoms with E-state index in [0.29, 0.717) is 19.8 Å². The van der Waals surface area contributed by atoms with E-state index in [1.54, 1.807) is 12.1 Å². The van der Waals surface area contributed by atoms with Gasteiger partial charge in [0.1, 0.15) is 6.61 Å². The molecule has 6 heteroatoms. The number of ether oxygens (including phenoxy) is 4. The van der Waals surface area contributed by atoms with Crippen LogP contribution in [0.4, 0.5) is 0 Å². The lowest BCUT2D eigenvalue weighted by Gasteiger charge is -2.08. The summed E-state index contributed by atoms with van der Waals surface area (Å²) in [5, 5.41) is 0. The van der Waals surface area contributed by atoms with Gasteiger partial charge in [-0.25, -0.2) is 9.59 Å². The molecule has 0 unspecified atom stereocenters. The summed E-state index contributed by atoms with van der Waals surface area (Å²) in [5.41, 5.74) is 0.362. The maximum Gasteiger partial charge on any atom is 0.339 e. The van der Waals surface area contributed by atoms with Crippen molar-refractivity contribution in [2.45, 2.75) is 6.92 Å². The highest BCUT2D eigenvalue weighted by atomic mass is 16.6. The fraction of sp³-hybridized carbons (Fsp3) is 0.467. The number of carbonyl (C=O) groups is 2. The first-order valence-electron chi connectivity index (χ1n) is 6.70. The third-order valence-corrected chi connectivity index (χ3v) is 2.59. The molecule has 0 saturated heterocycles. The van der Waals surface area contributed by atoms with Gasteiger partial charge in [0.05, 0.1) is 38.1 Å². The highest BCUT2D eigenvalue weighted by Crippen LogP contribution is 2.11. The molecule has 0 radical (unpaired) electrons. The molecular weight excluding hydrogens is 276 g/mol. The lowest BCUT2D eigenvalue weighted by molar-refractivity contribution is 0.0161. The van der Waals surface area contributed by atoms with E-state index in [1.807, 2.05) is 6.92 Å². The van der Waals surface area contributed by atoms with Crippen LogP contribution in [-0.2, 0) is 18.9 Å². The van der Waals surface area contributed by atoms with E-state index in [9.17, 15) is 9.59 Å². The molecule has 0 aromatic heterocycles. The second-order valence-corrected chi connectivity index (χ2v) is 3.98. The molecular formula is C15H20O6. The van der Waals surface area contributed by atoms with E-state index in [2.05, 4.69) is 4.74 Å². The van der Waals surface area contributed by atoms with Crippen molar-refractivity contribution >= 4 is 11.9 Å². The van der Waals surface area contributed by atoms with Crippen molar-refractivity contribution in [3.8, 4) is 0 Å². The quantitative estimate of drug-likeness (QED) is 0.510. The summed E-state index contributed by atoms with van der Waals surface area (Å²) in [6, 6.07) is 6.34. The predicted molar refractivity (Wildman–Crippen MR) is 75.4 cm³/mol. The minimum Gasteiger partial charge on any atom is -0.465 e. The number of esters is 2. The van der Waals surface area contributed by atoms with Gasteiger partial charge in [0.2, 0.25) is 0 Å². The van der Waals surface area contributed by atoms with E-state index in [4.69, 9.17) is 14.2 Å². The fourth-order valence-electron chi connectivity index (χ4n) is 1.58. The number of methoxy groups -OCH3 is 1. The molecule has 116 valence electrons. The molecule has 1 aromatic rings. The molecule has 0 saturated carbocycles. The van der Waals surface area contributed by atoms with Gasteiger partial charge in [-0.1, -0.05) is 12.1 Å². The van der Waals surface area contributed by atoms with Gasteiger partial charge in [-0.05, 0) is 19.1 Å². The molecule has 21 heavy (non-hydrogen) atoms. The van der Waals surface area contributed by atoms with Crippen LogP contribution < -0.4 is 0 Å². The molecule has 0 aliphatic rings. The van der Waals surface area contributed by atoms with Gasteiger partial charge in [0.15, 0.2) is 0 Å². The molecule has 0 spiro atoms. The van der Waals surface area contributed by atoms with Gasteiger partial charge in [-0.2, -0.15) is 0 Å². The van der Waals surface area contributed by atoms with Gasteiger partial charge in [0, 0.05) is 6.61 Å². The zero-order valence-corrected chi connectivity index (χ0v) is 12.3. The van der Waals surface area contributed by atoms with E-state index in [0.717, 1.165) is 0 Å². The molecule has 0 heterocycles. The van der Waals surface area contributed by atoms with E-state index >= 15 is 0 Å². The second kappa shape index (κ2) is 9.90. The summed E-state index contributed by atoms with van der Waals surface area (Å²) >= 11 is 0. The van der Waals surface area contributed by atoms with E-state index < -0.39 is 11.9 Å². The highest BCUT2D eigenvalue weighted by Gasteiger charge is 2.17. The molecule has 0 amide bonds. The Morgan fingerprint density at radius 2 is 1.48 bits per heavy atom. The van der Waals surface area contributed by atoms with Crippen molar-refractivity contribution in [1.82, 2.24) is 0 Å². The standard InChI is InChI=1S/C15H20O6/c1-3-19-8-9-20-10-11-21-15(17)13-7-5-4-6-12(13)14(16)18-2/h4-7H,3,8-11H2,1-2H3. The number of benzene rings is 1. The summed E-state index contributed by atoms with van der Waals surface area (Å²) in [4.78, 5) is 23.5. The second-order valence-electron chi connectivity index (χ2n) is 3.98. The first-order chi connectivity index (χ1) is 10.2. The molecule has 6 nitrogen and oxygen atoms in total. The minimum atomic E-state index is -0.579. The average Bonchev–Trinajstić information content (AvgIpc) is 2.53. The third kappa shape index (κ3) is 5.93. The normalized spacial score (nSPS) is 10.2. The Morgan fingerprint density at radius 1 is 0.905 bits per heavy atom. The van der Waals surface area contributed by atoms with Crippen LogP contribution in [0.25, 0.3) is 0 Å². The lowest BCUT2D eigenvalue weighted by Crippen LogP contribution is -2.16. The Labute approximate surface area is 123 Å². The summed E-state index contributed by atoms with van der Waals surface area (Å²) < 4.78 is 20.0. The van der Waals surface area contributed by atoms with Crippen molar-refractivity contribution < 1.29 is 28.5 Å². The molecule has 0 aliphatic heterocycles. The van der Waals surface area contributed by atoms with Crippen molar-refractivity contribution in [2.24, 2.45) is 0 Å². The summed E-state index contributed by atoms with van der Waals surface area (Å²) in [5.74, 6) is -1.15. The monoisotopic (exact) mass is 296 g/mol. The van der Waals surface area contributed by atoms with Gasteiger partial charge in [0.25, 0.3) is 0 Å². The van der Waals surface area contributed by atoms with Crippen LogP contribution in [0.2, 0.25) is 0 Å². The topological polar surface area (TPSA) is 71.1 Å². The molecule has 0 fully saturated rings. The third-order valence-electron chi connectivity index (χ3n) is 2.59. The molecule has 0 bridgehead atoms. The number of hydrogen-bond donors (Lipinski definition) is 0. The molecule has 0 atom stereocenters. The molecule has 0 aliphatic carbocycles. The number of rotatable bonds is 9. The highest BCUT2D eigenvalue weighted by molar-refractivity contribution is 6.03. The van der Waals surface area contributed by atoms with Crippen molar-refractivity contribution in [3.05, 3.63) is 35.4 Å². The fourth-order valence-corrected chi connectivity index (χ4v) is 1.58. The number of carbonyl (C=O) groups excluding carboxylic acids is 2. The van der Waals surface area contributed by atoms with Gasteiger partial charge >= 0.3 is 11.9 Å². The van der Waals surface area contributed by atoms with E-state index in [1.165, 1.54) is 19.2 Å². The summed E-state index contributed by atoms with van der Waals surface area (Å²) in [7, 11) is 1.26. The Morgan fingerprint density at radius 3 is 2.10 bits per heavy atom. The minimum absolute atomic E-state index is 0.112. The van der Waals surface area contributed by atoms with Crippen LogP contribution >= 0.6 is 0 Å². The molecule has 0 N–H and O–H groups in total. The van der Waals surface area contributed by atoms with Crippen LogP contribution in [0.15, 0.2) is 24.3 Å². The predicted octanol–water partition coefficient (Wildman–Crippen LogP) is 1.68. The summed E-state index contributed by atoms with van der Waals surface area (Å²) in [6.07, 6.45) is 0.